The van der Waals surface area contributed by atoms with E-state index in [1.54, 1.807) is 6.07 Å². The van der Waals surface area contributed by atoms with Crippen LogP contribution in [0.4, 0.5) is 0 Å². The summed E-state index contributed by atoms with van der Waals surface area (Å²) in [5, 5.41) is 4.81. The van der Waals surface area contributed by atoms with Crippen molar-refractivity contribution in [3.63, 3.8) is 0 Å². The van der Waals surface area contributed by atoms with Gasteiger partial charge in [0.25, 0.3) is 0 Å². The Morgan fingerprint density at radius 3 is 2.88 bits per heavy atom. The molecule has 1 N–H and O–H groups in total. The Hall–Kier alpha value is -0.280. The standard InChI is InChI=1S/C13H17Cl2NO/c1-13(2)7-16-6-12(17-8-13)10-5-9(14)3-4-11(10)15/h3-5,12,16H,6-8H2,1-2H3. The molecule has 0 spiro atoms. The molecular formula is C13H17Cl2NO. The quantitative estimate of drug-likeness (QED) is 0.843. The Labute approximate surface area is 112 Å². The molecule has 2 nitrogen and oxygen atoms in total. The SMILES string of the molecule is CC1(C)CNCC(c2cc(Cl)ccc2Cl)OC1. The average molecular weight is 274 g/mol. The molecule has 1 unspecified atom stereocenters. The van der Waals surface area contributed by atoms with Crippen LogP contribution in [0.1, 0.15) is 25.5 Å². The van der Waals surface area contributed by atoms with Crippen molar-refractivity contribution < 1.29 is 4.74 Å². The summed E-state index contributed by atoms with van der Waals surface area (Å²) in [7, 11) is 0. The molecule has 1 aromatic carbocycles. The van der Waals surface area contributed by atoms with Gasteiger partial charge in [-0.25, -0.2) is 0 Å². The lowest BCUT2D eigenvalue weighted by Gasteiger charge is -2.22. The molecular weight excluding hydrogens is 257 g/mol. The fraction of sp³-hybridized carbons (Fsp3) is 0.538. The van der Waals surface area contributed by atoms with Crippen molar-refractivity contribution in [2.45, 2.75) is 20.0 Å². The lowest BCUT2D eigenvalue weighted by Crippen LogP contribution is -2.29. The minimum Gasteiger partial charge on any atom is -0.372 e. The third kappa shape index (κ3) is 3.35. The molecule has 94 valence electrons. The molecule has 1 aliphatic rings. The second kappa shape index (κ2) is 5.15. The summed E-state index contributed by atoms with van der Waals surface area (Å²) in [5.41, 5.74) is 1.11. The summed E-state index contributed by atoms with van der Waals surface area (Å²) in [5.74, 6) is 0. The fourth-order valence-corrected chi connectivity index (χ4v) is 2.36. The maximum absolute atomic E-state index is 6.19. The van der Waals surface area contributed by atoms with E-state index in [2.05, 4.69) is 19.2 Å². The Morgan fingerprint density at radius 1 is 1.35 bits per heavy atom. The van der Waals surface area contributed by atoms with Gasteiger partial charge >= 0.3 is 0 Å². The predicted molar refractivity (Wildman–Crippen MR) is 71.8 cm³/mol. The van der Waals surface area contributed by atoms with Crippen LogP contribution < -0.4 is 5.32 Å². The molecule has 1 saturated heterocycles. The molecule has 1 aromatic rings. The van der Waals surface area contributed by atoms with E-state index < -0.39 is 0 Å². The number of hydrogen-bond acceptors (Lipinski definition) is 2. The maximum Gasteiger partial charge on any atom is 0.0964 e. The van der Waals surface area contributed by atoms with Crippen molar-refractivity contribution >= 4 is 23.2 Å². The Kier molecular flexibility index (Phi) is 3.99. The van der Waals surface area contributed by atoms with Gasteiger partial charge in [-0.2, -0.15) is 0 Å². The van der Waals surface area contributed by atoms with E-state index >= 15 is 0 Å². The molecule has 0 radical (unpaired) electrons. The smallest absolute Gasteiger partial charge is 0.0964 e. The zero-order valence-electron chi connectivity index (χ0n) is 10.1. The first kappa shape index (κ1) is 13.2. The van der Waals surface area contributed by atoms with Crippen LogP contribution in [-0.2, 0) is 4.74 Å². The minimum atomic E-state index is -0.0250. The number of ether oxygens (including phenoxy) is 1. The average Bonchev–Trinajstić information content (AvgIpc) is 2.43. The molecule has 2 rings (SSSR count). The van der Waals surface area contributed by atoms with Crippen LogP contribution in [-0.4, -0.2) is 19.7 Å². The van der Waals surface area contributed by atoms with E-state index in [1.807, 2.05) is 12.1 Å². The number of halogens is 2. The van der Waals surface area contributed by atoms with E-state index in [4.69, 9.17) is 27.9 Å². The highest BCUT2D eigenvalue weighted by molar-refractivity contribution is 6.33. The molecule has 1 atom stereocenters. The first-order chi connectivity index (χ1) is 7.98. The third-order valence-corrected chi connectivity index (χ3v) is 3.49. The van der Waals surface area contributed by atoms with Crippen molar-refractivity contribution in [2.75, 3.05) is 19.7 Å². The summed E-state index contributed by atoms with van der Waals surface area (Å²) < 4.78 is 5.93. The van der Waals surface area contributed by atoms with E-state index in [-0.39, 0.29) is 11.5 Å². The third-order valence-electron chi connectivity index (χ3n) is 2.91. The summed E-state index contributed by atoms with van der Waals surface area (Å²) in [4.78, 5) is 0. The normalized spacial score (nSPS) is 24.4. The van der Waals surface area contributed by atoms with E-state index in [0.29, 0.717) is 16.7 Å². The van der Waals surface area contributed by atoms with Crippen LogP contribution in [0.15, 0.2) is 18.2 Å². The molecule has 1 heterocycles. The second-order valence-electron chi connectivity index (χ2n) is 5.26. The van der Waals surface area contributed by atoms with Gasteiger partial charge in [-0.15, -0.1) is 0 Å². The van der Waals surface area contributed by atoms with Gasteiger partial charge in [-0.3, -0.25) is 0 Å². The van der Waals surface area contributed by atoms with Crippen molar-refractivity contribution in [1.82, 2.24) is 5.32 Å². The largest absolute Gasteiger partial charge is 0.372 e. The van der Waals surface area contributed by atoms with Gasteiger partial charge in [0.15, 0.2) is 0 Å². The molecule has 1 aliphatic heterocycles. The van der Waals surface area contributed by atoms with Crippen LogP contribution >= 0.6 is 23.2 Å². The number of rotatable bonds is 1. The molecule has 17 heavy (non-hydrogen) atoms. The second-order valence-corrected chi connectivity index (χ2v) is 6.10. The highest BCUT2D eigenvalue weighted by Gasteiger charge is 2.26. The van der Waals surface area contributed by atoms with Gasteiger partial charge in [-0.1, -0.05) is 37.0 Å². The number of nitrogens with one attached hydrogen (secondary N) is 1. The lowest BCUT2D eigenvalue weighted by molar-refractivity contribution is 0.0260. The zero-order chi connectivity index (χ0) is 12.5. The summed E-state index contributed by atoms with van der Waals surface area (Å²) >= 11 is 12.2. The molecule has 0 bridgehead atoms. The van der Waals surface area contributed by atoms with Crippen LogP contribution in [0, 0.1) is 5.41 Å². The summed E-state index contributed by atoms with van der Waals surface area (Å²) in [6.07, 6.45) is -0.0250. The molecule has 0 amide bonds. The van der Waals surface area contributed by atoms with Gasteiger partial charge < -0.3 is 10.1 Å². The first-order valence-corrected chi connectivity index (χ1v) is 6.51. The van der Waals surface area contributed by atoms with E-state index in [1.165, 1.54) is 0 Å². The van der Waals surface area contributed by atoms with Gasteiger partial charge in [0.05, 0.1) is 12.7 Å². The highest BCUT2D eigenvalue weighted by Crippen LogP contribution is 2.31. The number of benzene rings is 1. The fourth-order valence-electron chi connectivity index (χ4n) is 1.94. The minimum absolute atomic E-state index is 0.0250. The van der Waals surface area contributed by atoms with Gasteiger partial charge in [0, 0.05) is 34.1 Å². The van der Waals surface area contributed by atoms with E-state index in [0.717, 1.165) is 18.7 Å². The monoisotopic (exact) mass is 273 g/mol. The molecule has 0 aromatic heterocycles. The Bertz CT molecular complexity index is 406. The first-order valence-electron chi connectivity index (χ1n) is 5.75. The summed E-state index contributed by atoms with van der Waals surface area (Å²) in [6, 6.07) is 5.49. The van der Waals surface area contributed by atoms with Crippen molar-refractivity contribution in [2.24, 2.45) is 5.41 Å². The van der Waals surface area contributed by atoms with Crippen molar-refractivity contribution in [1.29, 1.82) is 0 Å². The Morgan fingerprint density at radius 2 is 2.12 bits per heavy atom. The van der Waals surface area contributed by atoms with Gasteiger partial charge in [-0.05, 0) is 18.2 Å². The number of hydrogen-bond donors (Lipinski definition) is 1. The van der Waals surface area contributed by atoms with Crippen LogP contribution in [0.25, 0.3) is 0 Å². The lowest BCUT2D eigenvalue weighted by atomic mass is 9.95. The maximum atomic E-state index is 6.19. The van der Waals surface area contributed by atoms with Gasteiger partial charge in [0.2, 0.25) is 0 Å². The van der Waals surface area contributed by atoms with Crippen LogP contribution in [0.5, 0.6) is 0 Å². The molecule has 4 heteroatoms. The molecule has 1 fully saturated rings. The van der Waals surface area contributed by atoms with E-state index in [9.17, 15) is 0 Å². The topological polar surface area (TPSA) is 21.3 Å². The highest BCUT2D eigenvalue weighted by atomic mass is 35.5. The van der Waals surface area contributed by atoms with Crippen LogP contribution in [0.3, 0.4) is 0 Å². The van der Waals surface area contributed by atoms with Crippen molar-refractivity contribution in [3.8, 4) is 0 Å². The predicted octanol–water partition coefficient (Wildman–Crippen LogP) is 3.68. The van der Waals surface area contributed by atoms with Crippen LogP contribution in [0.2, 0.25) is 10.0 Å². The molecule has 0 saturated carbocycles. The zero-order valence-corrected chi connectivity index (χ0v) is 11.6. The summed E-state index contributed by atoms with van der Waals surface area (Å²) in [6.45, 7) is 6.79. The van der Waals surface area contributed by atoms with Crippen molar-refractivity contribution in [3.05, 3.63) is 33.8 Å². The van der Waals surface area contributed by atoms with Gasteiger partial charge in [0.1, 0.15) is 0 Å². The Balaban J connectivity index is 2.19. The molecule has 0 aliphatic carbocycles.